The first-order chi connectivity index (χ1) is 9.90. The number of nitrogens with one attached hydrogen (secondary N) is 1. The van der Waals surface area contributed by atoms with Crippen molar-refractivity contribution in [3.05, 3.63) is 22.2 Å². The Morgan fingerprint density at radius 2 is 2.00 bits per heavy atom. The van der Waals surface area contributed by atoms with E-state index in [0.29, 0.717) is 29.6 Å². The number of hydrogen-bond donors (Lipinski definition) is 1. The molecular weight excluding hydrogens is 334 g/mol. The smallest absolute Gasteiger partial charge is 0.251 e. The molecular formula is C16H24BrNO3. The number of hydrogen-bond acceptors (Lipinski definition) is 3. The molecule has 1 amide bonds. The van der Waals surface area contributed by atoms with Gasteiger partial charge in [0.25, 0.3) is 5.91 Å². The van der Waals surface area contributed by atoms with Gasteiger partial charge >= 0.3 is 0 Å². The molecule has 0 saturated carbocycles. The average molecular weight is 358 g/mol. The summed E-state index contributed by atoms with van der Waals surface area (Å²) in [5.41, 5.74) is 0.551. The zero-order valence-electron chi connectivity index (χ0n) is 13.3. The molecule has 0 aromatic heterocycles. The topological polar surface area (TPSA) is 47.6 Å². The van der Waals surface area contributed by atoms with Gasteiger partial charge in [0, 0.05) is 11.6 Å². The number of benzene rings is 1. The summed E-state index contributed by atoms with van der Waals surface area (Å²) in [6, 6.07) is 3.58. The highest BCUT2D eigenvalue weighted by Gasteiger charge is 2.17. The molecule has 1 atom stereocenters. The molecule has 0 spiro atoms. The Morgan fingerprint density at radius 1 is 1.33 bits per heavy atom. The van der Waals surface area contributed by atoms with Gasteiger partial charge in [0.2, 0.25) is 0 Å². The number of carbonyl (C=O) groups is 1. The van der Waals surface area contributed by atoms with Gasteiger partial charge < -0.3 is 14.8 Å². The summed E-state index contributed by atoms with van der Waals surface area (Å²) < 4.78 is 11.7. The molecule has 1 unspecified atom stereocenters. The molecule has 118 valence electrons. The zero-order chi connectivity index (χ0) is 16.0. The van der Waals surface area contributed by atoms with Gasteiger partial charge in [0.15, 0.2) is 11.5 Å². The first-order valence-electron chi connectivity index (χ1n) is 7.21. The fourth-order valence-corrected chi connectivity index (χ4v) is 2.21. The lowest BCUT2D eigenvalue weighted by atomic mass is 10.1. The van der Waals surface area contributed by atoms with E-state index in [2.05, 4.69) is 35.1 Å². The van der Waals surface area contributed by atoms with Gasteiger partial charge in [-0.1, -0.05) is 20.8 Å². The molecule has 0 radical (unpaired) electrons. The van der Waals surface area contributed by atoms with E-state index in [1.807, 2.05) is 13.8 Å². The van der Waals surface area contributed by atoms with E-state index < -0.39 is 0 Å². The molecule has 0 bridgehead atoms. The second-order valence-electron chi connectivity index (χ2n) is 5.34. The highest BCUT2D eigenvalue weighted by atomic mass is 79.9. The van der Waals surface area contributed by atoms with Crippen LogP contribution >= 0.6 is 15.9 Å². The van der Waals surface area contributed by atoms with Crippen LogP contribution in [-0.4, -0.2) is 25.7 Å². The van der Waals surface area contributed by atoms with Crippen LogP contribution in [0.5, 0.6) is 11.5 Å². The first kappa shape index (κ1) is 17.8. The van der Waals surface area contributed by atoms with Crippen molar-refractivity contribution in [1.82, 2.24) is 5.32 Å². The van der Waals surface area contributed by atoms with Gasteiger partial charge in [-0.15, -0.1) is 0 Å². The first-order valence-corrected chi connectivity index (χ1v) is 8.01. The summed E-state index contributed by atoms with van der Waals surface area (Å²) in [5, 5.41) is 2.98. The second kappa shape index (κ2) is 8.27. The number of halogens is 1. The van der Waals surface area contributed by atoms with Crippen LogP contribution in [0.3, 0.4) is 0 Å². The van der Waals surface area contributed by atoms with Crippen molar-refractivity contribution in [2.45, 2.75) is 40.2 Å². The maximum Gasteiger partial charge on any atom is 0.251 e. The maximum absolute atomic E-state index is 12.3. The summed E-state index contributed by atoms with van der Waals surface area (Å²) >= 11 is 3.45. The van der Waals surface area contributed by atoms with Crippen molar-refractivity contribution < 1.29 is 14.3 Å². The lowest BCUT2D eigenvalue weighted by molar-refractivity contribution is 0.0930. The third-order valence-corrected chi connectivity index (χ3v) is 3.89. The summed E-state index contributed by atoms with van der Waals surface area (Å²) in [4.78, 5) is 12.3. The predicted molar refractivity (Wildman–Crippen MR) is 88.2 cm³/mol. The molecule has 4 nitrogen and oxygen atoms in total. The highest BCUT2D eigenvalue weighted by Crippen LogP contribution is 2.36. The monoisotopic (exact) mass is 357 g/mol. The molecule has 5 heteroatoms. The van der Waals surface area contributed by atoms with Gasteiger partial charge in [0.05, 0.1) is 18.2 Å². The normalized spacial score (nSPS) is 12.1. The van der Waals surface area contributed by atoms with Crippen LogP contribution in [0.2, 0.25) is 0 Å². The Hall–Kier alpha value is -1.23. The van der Waals surface area contributed by atoms with E-state index in [9.17, 15) is 4.79 Å². The Kier molecular flexibility index (Phi) is 7.02. The Labute approximate surface area is 135 Å². The standard InChI is InChI=1S/C16H24BrNO3/c1-6-7-21-15-13(17)8-12(9-14(15)20-5)16(19)18-11(4)10(2)3/h8-11H,6-7H2,1-5H3,(H,18,19). The molecule has 0 saturated heterocycles. The summed E-state index contributed by atoms with van der Waals surface area (Å²) in [6.45, 7) is 8.78. The number of methoxy groups -OCH3 is 1. The van der Waals surface area contributed by atoms with Crippen LogP contribution in [0.25, 0.3) is 0 Å². The number of amides is 1. The molecule has 1 aromatic carbocycles. The minimum atomic E-state index is -0.114. The van der Waals surface area contributed by atoms with Crippen molar-refractivity contribution in [2.24, 2.45) is 5.92 Å². The minimum Gasteiger partial charge on any atom is -0.493 e. The molecule has 1 rings (SSSR count). The van der Waals surface area contributed by atoms with Crippen LogP contribution in [0.4, 0.5) is 0 Å². The van der Waals surface area contributed by atoms with Crippen LogP contribution < -0.4 is 14.8 Å². The molecule has 0 aliphatic carbocycles. The number of ether oxygens (including phenoxy) is 2. The lowest BCUT2D eigenvalue weighted by Crippen LogP contribution is -2.36. The molecule has 0 heterocycles. The van der Waals surface area contributed by atoms with Crippen molar-refractivity contribution in [3.8, 4) is 11.5 Å². The van der Waals surface area contributed by atoms with E-state index in [1.54, 1.807) is 19.2 Å². The van der Waals surface area contributed by atoms with Gasteiger partial charge in [-0.05, 0) is 47.3 Å². The second-order valence-corrected chi connectivity index (χ2v) is 6.20. The van der Waals surface area contributed by atoms with E-state index in [-0.39, 0.29) is 11.9 Å². The molecule has 1 N–H and O–H groups in total. The quantitative estimate of drug-likeness (QED) is 0.801. The van der Waals surface area contributed by atoms with Crippen LogP contribution in [0.1, 0.15) is 44.5 Å². The zero-order valence-corrected chi connectivity index (χ0v) is 14.9. The van der Waals surface area contributed by atoms with E-state index in [4.69, 9.17) is 9.47 Å². The third-order valence-electron chi connectivity index (χ3n) is 3.30. The van der Waals surface area contributed by atoms with Crippen LogP contribution in [-0.2, 0) is 0 Å². The Bertz CT molecular complexity index is 489. The van der Waals surface area contributed by atoms with Crippen molar-refractivity contribution >= 4 is 21.8 Å². The SMILES string of the molecule is CCCOc1c(Br)cc(C(=O)NC(C)C(C)C)cc1OC. The van der Waals surface area contributed by atoms with Gasteiger partial charge in [0.1, 0.15) is 0 Å². The summed E-state index contributed by atoms with van der Waals surface area (Å²) in [7, 11) is 1.57. The van der Waals surface area contributed by atoms with Crippen molar-refractivity contribution in [1.29, 1.82) is 0 Å². The molecule has 21 heavy (non-hydrogen) atoms. The van der Waals surface area contributed by atoms with E-state index >= 15 is 0 Å². The van der Waals surface area contributed by atoms with Gasteiger partial charge in [-0.25, -0.2) is 0 Å². The molecule has 0 aliphatic heterocycles. The fourth-order valence-electron chi connectivity index (χ4n) is 1.65. The highest BCUT2D eigenvalue weighted by molar-refractivity contribution is 9.10. The van der Waals surface area contributed by atoms with Crippen molar-refractivity contribution in [3.63, 3.8) is 0 Å². The average Bonchev–Trinajstić information content (AvgIpc) is 2.44. The molecule has 0 aliphatic rings. The van der Waals surface area contributed by atoms with Gasteiger partial charge in [-0.3, -0.25) is 4.79 Å². The minimum absolute atomic E-state index is 0.110. The number of rotatable bonds is 7. The summed E-state index contributed by atoms with van der Waals surface area (Å²) in [5.74, 6) is 1.46. The fraction of sp³-hybridized carbons (Fsp3) is 0.562. The Morgan fingerprint density at radius 3 is 2.52 bits per heavy atom. The van der Waals surface area contributed by atoms with E-state index in [1.165, 1.54) is 0 Å². The summed E-state index contributed by atoms with van der Waals surface area (Å²) in [6.07, 6.45) is 0.906. The molecule has 0 fully saturated rings. The predicted octanol–water partition coefficient (Wildman–Crippen LogP) is 4.02. The largest absolute Gasteiger partial charge is 0.493 e. The Balaban J connectivity index is 2.99. The lowest BCUT2D eigenvalue weighted by Gasteiger charge is -2.18. The van der Waals surface area contributed by atoms with Crippen LogP contribution in [0.15, 0.2) is 16.6 Å². The van der Waals surface area contributed by atoms with Gasteiger partial charge in [-0.2, -0.15) is 0 Å². The molecule has 1 aromatic rings. The van der Waals surface area contributed by atoms with Crippen molar-refractivity contribution in [2.75, 3.05) is 13.7 Å². The van der Waals surface area contributed by atoms with E-state index in [0.717, 1.165) is 10.9 Å². The third kappa shape index (κ3) is 4.92. The van der Waals surface area contributed by atoms with Crippen LogP contribution in [0, 0.1) is 5.92 Å². The number of carbonyl (C=O) groups excluding carboxylic acids is 1. The maximum atomic E-state index is 12.3.